The van der Waals surface area contributed by atoms with Crippen LogP contribution in [0.5, 0.6) is 5.75 Å². The SMILES string of the molecule is COc1ccc(N2CCN(CC3(O)CCN(c4cccc(F)c4)CC3)[C@H](C(N)=O)C2)cc1. The van der Waals surface area contributed by atoms with Crippen molar-refractivity contribution in [1.82, 2.24) is 4.90 Å². The third-order valence-corrected chi connectivity index (χ3v) is 6.62. The van der Waals surface area contributed by atoms with Gasteiger partial charge in [0.15, 0.2) is 0 Å². The van der Waals surface area contributed by atoms with E-state index in [4.69, 9.17) is 10.5 Å². The molecule has 2 fully saturated rings. The highest BCUT2D eigenvalue weighted by Gasteiger charge is 2.39. The Morgan fingerprint density at radius 1 is 1.09 bits per heavy atom. The maximum atomic E-state index is 13.6. The Bertz CT molecular complexity index is 931. The average molecular weight is 443 g/mol. The van der Waals surface area contributed by atoms with Gasteiger partial charge in [0.05, 0.1) is 12.7 Å². The van der Waals surface area contributed by atoms with Gasteiger partial charge in [-0.05, 0) is 55.3 Å². The van der Waals surface area contributed by atoms with Crippen molar-refractivity contribution in [1.29, 1.82) is 0 Å². The van der Waals surface area contributed by atoms with E-state index >= 15 is 0 Å². The highest BCUT2D eigenvalue weighted by molar-refractivity contribution is 5.81. The molecule has 0 aliphatic carbocycles. The number of nitrogens with two attached hydrogens (primary N) is 1. The van der Waals surface area contributed by atoms with E-state index in [1.807, 2.05) is 35.2 Å². The lowest BCUT2D eigenvalue weighted by Gasteiger charge is -2.46. The van der Waals surface area contributed by atoms with E-state index in [1.54, 1.807) is 13.2 Å². The number of nitrogens with zero attached hydrogens (tertiary/aromatic N) is 3. The molecule has 32 heavy (non-hydrogen) atoms. The molecule has 0 radical (unpaired) electrons. The van der Waals surface area contributed by atoms with Crippen LogP contribution >= 0.6 is 0 Å². The zero-order chi connectivity index (χ0) is 22.7. The van der Waals surface area contributed by atoms with Crippen LogP contribution in [-0.4, -0.2) is 73.9 Å². The fraction of sp³-hybridized carbons (Fsp3) is 0.458. The Kier molecular flexibility index (Phi) is 6.53. The molecule has 0 unspecified atom stereocenters. The summed E-state index contributed by atoms with van der Waals surface area (Å²) in [5, 5.41) is 11.3. The number of ether oxygens (including phenoxy) is 1. The van der Waals surface area contributed by atoms with Crippen LogP contribution in [0, 0.1) is 5.82 Å². The highest BCUT2D eigenvalue weighted by atomic mass is 19.1. The molecule has 7 nitrogen and oxygen atoms in total. The summed E-state index contributed by atoms with van der Waals surface area (Å²) in [7, 11) is 1.63. The molecule has 8 heteroatoms. The van der Waals surface area contributed by atoms with Crippen LogP contribution in [0.2, 0.25) is 0 Å². The number of carbonyl (C=O) groups excluding carboxylic acids is 1. The molecule has 2 heterocycles. The molecule has 2 aliphatic rings. The summed E-state index contributed by atoms with van der Waals surface area (Å²) >= 11 is 0. The monoisotopic (exact) mass is 442 g/mol. The predicted octanol–water partition coefficient (Wildman–Crippen LogP) is 1.84. The minimum Gasteiger partial charge on any atom is -0.497 e. The van der Waals surface area contributed by atoms with E-state index in [1.165, 1.54) is 12.1 Å². The number of rotatable bonds is 6. The van der Waals surface area contributed by atoms with Gasteiger partial charge >= 0.3 is 0 Å². The van der Waals surface area contributed by atoms with E-state index in [0.29, 0.717) is 45.6 Å². The van der Waals surface area contributed by atoms with E-state index in [-0.39, 0.29) is 11.7 Å². The lowest BCUT2D eigenvalue weighted by Crippen LogP contribution is -2.62. The van der Waals surface area contributed by atoms with Crippen molar-refractivity contribution in [3.8, 4) is 5.75 Å². The normalized spacial score (nSPS) is 21.4. The first-order valence-electron chi connectivity index (χ1n) is 11.0. The summed E-state index contributed by atoms with van der Waals surface area (Å²) < 4.78 is 18.8. The number of halogens is 1. The molecule has 0 bridgehead atoms. The van der Waals surface area contributed by atoms with Crippen LogP contribution in [0.15, 0.2) is 48.5 Å². The maximum absolute atomic E-state index is 13.6. The highest BCUT2D eigenvalue weighted by Crippen LogP contribution is 2.29. The molecule has 2 saturated heterocycles. The summed E-state index contributed by atoms with van der Waals surface area (Å²) in [6.45, 7) is 3.51. The maximum Gasteiger partial charge on any atom is 0.236 e. The largest absolute Gasteiger partial charge is 0.497 e. The van der Waals surface area contributed by atoms with E-state index in [2.05, 4.69) is 9.80 Å². The number of β-amino-alcohol motifs (C(OH)–C–C–N with tert-alkyl or cyclic N) is 1. The first-order valence-corrected chi connectivity index (χ1v) is 11.0. The van der Waals surface area contributed by atoms with Gasteiger partial charge in [0.25, 0.3) is 0 Å². The molecule has 1 atom stereocenters. The molecule has 2 aliphatic heterocycles. The van der Waals surface area contributed by atoms with Gasteiger partial charge in [-0.15, -0.1) is 0 Å². The number of carbonyl (C=O) groups is 1. The van der Waals surface area contributed by atoms with Crippen molar-refractivity contribution >= 4 is 17.3 Å². The number of piperazine rings is 1. The minimum absolute atomic E-state index is 0.262. The van der Waals surface area contributed by atoms with Crippen LogP contribution in [0.3, 0.4) is 0 Å². The third kappa shape index (κ3) is 4.97. The minimum atomic E-state index is -0.903. The van der Waals surface area contributed by atoms with Gasteiger partial charge in [-0.3, -0.25) is 9.69 Å². The molecule has 0 saturated carbocycles. The lowest BCUT2D eigenvalue weighted by molar-refractivity contribution is -0.125. The molecule has 2 aromatic carbocycles. The van der Waals surface area contributed by atoms with Gasteiger partial charge in [0, 0.05) is 50.6 Å². The average Bonchev–Trinajstić information content (AvgIpc) is 2.79. The molecular weight excluding hydrogens is 411 g/mol. The second-order valence-corrected chi connectivity index (χ2v) is 8.72. The number of aliphatic hydroxyl groups is 1. The zero-order valence-corrected chi connectivity index (χ0v) is 18.4. The molecule has 1 amide bonds. The van der Waals surface area contributed by atoms with Crippen molar-refractivity contribution in [2.45, 2.75) is 24.5 Å². The summed E-state index contributed by atoms with van der Waals surface area (Å²) in [5.74, 6) is 0.136. The van der Waals surface area contributed by atoms with E-state index < -0.39 is 11.6 Å². The van der Waals surface area contributed by atoms with Crippen molar-refractivity contribution in [3.05, 3.63) is 54.3 Å². The predicted molar refractivity (Wildman–Crippen MR) is 123 cm³/mol. The smallest absolute Gasteiger partial charge is 0.236 e. The van der Waals surface area contributed by atoms with Gasteiger partial charge in [-0.1, -0.05) is 6.07 Å². The number of piperidine rings is 1. The molecule has 2 aromatic rings. The van der Waals surface area contributed by atoms with Crippen LogP contribution < -0.4 is 20.3 Å². The summed E-state index contributed by atoms with van der Waals surface area (Å²) in [5.41, 5.74) is 6.69. The number of hydrogen-bond donors (Lipinski definition) is 2. The molecule has 0 aromatic heterocycles. The van der Waals surface area contributed by atoms with Crippen LogP contribution in [0.4, 0.5) is 15.8 Å². The van der Waals surface area contributed by atoms with E-state index in [0.717, 1.165) is 23.7 Å². The zero-order valence-electron chi connectivity index (χ0n) is 18.4. The Hall–Kier alpha value is -2.84. The van der Waals surface area contributed by atoms with Gasteiger partial charge in [-0.25, -0.2) is 4.39 Å². The number of methoxy groups -OCH3 is 1. The molecule has 4 rings (SSSR count). The first kappa shape index (κ1) is 22.4. The van der Waals surface area contributed by atoms with Gasteiger partial charge < -0.3 is 25.4 Å². The van der Waals surface area contributed by atoms with Crippen molar-refractivity contribution < 1.29 is 19.0 Å². The van der Waals surface area contributed by atoms with Crippen LogP contribution in [0.1, 0.15) is 12.8 Å². The van der Waals surface area contributed by atoms with Crippen molar-refractivity contribution in [2.75, 3.05) is 56.2 Å². The Labute approximate surface area is 188 Å². The van der Waals surface area contributed by atoms with E-state index in [9.17, 15) is 14.3 Å². The van der Waals surface area contributed by atoms with Crippen LogP contribution in [-0.2, 0) is 4.79 Å². The fourth-order valence-electron chi connectivity index (χ4n) is 4.70. The summed E-state index contributed by atoms with van der Waals surface area (Å²) in [6, 6.07) is 13.8. The first-order chi connectivity index (χ1) is 15.4. The fourth-order valence-corrected chi connectivity index (χ4v) is 4.70. The standard InChI is InChI=1S/C24H31FN4O3/c1-32-21-7-5-19(6-8-21)28-13-14-29(22(16-28)23(26)30)17-24(31)9-11-27(12-10-24)20-4-2-3-18(25)15-20/h2-8,15,22,31H,9-14,16-17H2,1H3,(H2,26,30)/t22-/m0/s1. The van der Waals surface area contributed by atoms with Crippen LogP contribution in [0.25, 0.3) is 0 Å². The number of amides is 1. The molecule has 0 spiro atoms. The topological polar surface area (TPSA) is 82.3 Å². The number of primary amides is 1. The second kappa shape index (κ2) is 9.34. The number of anilines is 2. The Balaban J connectivity index is 1.38. The summed E-state index contributed by atoms with van der Waals surface area (Å²) in [6.07, 6.45) is 1.10. The van der Waals surface area contributed by atoms with Gasteiger partial charge in [0.1, 0.15) is 17.6 Å². The number of hydrogen-bond acceptors (Lipinski definition) is 6. The quantitative estimate of drug-likeness (QED) is 0.711. The van der Waals surface area contributed by atoms with Crippen molar-refractivity contribution in [3.63, 3.8) is 0 Å². The second-order valence-electron chi connectivity index (χ2n) is 8.72. The van der Waals surface area contributed by atoms with Gasteiger partial charge in [0.2, 0.25) is 5.91 Å². The number of benzene rings is 2. The molecule has 3 N–H and O–H groups in total. The lowest BCUT2D eigenvalue weighted by atomic mass is 9.89. The van der Waals surface area contributed by atoms with Crippen molar-refractivity contribution in [2.24, 2.45) is 5.73 Å². The summed E-state index contributed by atoms with van der Waals surface area (Å²) in [4.78, 5) is 18.5. The van der Waals surface area contributed by atoms with Gasteiger partial charge in [-0.2, -0.15) is 0 Å². The Morgan fingerprint density at radius 2 is 1.81 bits per heavy atom. The molecule has 172 valence electrons. The Morgan fingerprint density at radius 3 is 2.44 bits per heavy atom. The third-order valence-electron chi connectivity index (χ3n) is 6.62. The molecular formula is C24H31FN4O3.